The Kier molecular flexibility index (Phi) is 5.80. The van der Waals surface area contributed by atoms with Gasteiger partial charge < -0.3 is 0 Å². The third-order valence-electron chi connectivity index (χ3n) is 4.87. The summed E-state index contributed by atoms with van der Waals surface area (Å²) in [6.45, 7) is 0.0617. The Labute approximate surface area is 185 Å². The maximum Gasteiger partial charge on any atom is 0.268 e. The Morgan fingerprint density at radius 1 is 0.938 bits per heavy atom. The number of nitrogens with zero attached hydrogens (tertiary/aromatic N) is 3. The average molecular weight is 467 g/mol. The van der Waals surface area contributed by atoms with Gasteiger partial charge >= 0.3 is 0 Å². The van der Waals surface area contributed by atoms with Gasteiger partial charge in [0.25, 0.3) is 10.0 Å². The van der Waals surface area contributed by atoms with Crippen LogP contribution < -0.4 is 4.72 Å². The van der Waals surface area contributed by atoms with Crippen LogP contribution in [0.1, 0.15) is 11.3 Å². The fourth-order valence-corrected chi connectivity index (χ4v) is 6.07. The van der Waals surface area contributed by atoms with Crippen LogP contribution in [0.15, 0.2) is 88.9 Å². The Hall–Kier alpha value is -3.52. The molecule has 0 fully saturated rings. The number of hydrogen-bond donors (Lipinski definition) is 1. The summed E-state index contributed by atoms with van der Waals surface area (Å²) in [6.07, 6.45) is 3.02. The van der Waals surface area contributed by atoms with Gasteiger partial charge in [-0.15, -0.1) is 0 Å². The molecule has 1 N–H and O–H groups in total. The van der Waals surface area contributed by atoms with Gasteiger partial charge in [-0.05, 0) is 36.4 Å². The van der Waals surface area contributed by atoms with E-state index in [4.69, 9.17) is 0 Å². The van der Waals surface area contributed by atoms with Gasteiger partial charge in [-0.25, -0.2) is 25.5 Å². The molecule has 0 radical (unpaired) electrons. The number of hydrogen-bond acceptors (Lipinski definition) is 6. The molecule has 0 aliphatic carbocycles. The molecule has 0 saturated heterocycles. The van der Waals surface area contributed by atoms with Crippen LogP contribution in [0, 0.1) is 11.3 Å². The molecular weight excluding hydrogens is 448 g/mol. The lowest BCUT2D eigenvalue weighted by Crippen LogP contribution is -2.26. The molecule has 10 heteroatoms. The maximum absolute atomic E-state index is 13.2. The van der Waals surface area contributed by atoms with Gasteiger partial charge in [0.05, 0.1) is 22.0 Å². The van der Waals surface area contributed by atoms with Crippen molar-refractivity contribution >= 4 is 30.9 Å². The lowest BCUT2D eigenvalue weighted by atomic mass is 10.1. The molecule has 4 rings (SSSR count). The van der Waals surface area contributed by atoms with Gasteiger partial charge in [-0.3, -0.25) is 4.98 Å². The van der Waals surface area contributed by atoms with Crippen LogP contribution in [-0.4, -0.2) is 32.3 Å². The van der Waals surface area contributed by atoms with Crippen molar-refractivity contribution < 1.29 is 16.8 Å². The van der Waals surface area contributed by atoms with Gasteiger partial charge in [0, 0.05) is 36.4 Å². The second kappa shape index (κ2) is 8.55. The van der Waals surface area contributed by atoms with E-state index in [1.54, 1.807) is 42.6 Å². The molecule has 8 nitrogen and oxygen atoms in total. The monoisotopic (exact) mass is 466 g/mol. The first-order valence-electron chi connectivity index (χ1n) is 9.59. The first-order chi connectivity index (χ1) is 15.3. The summed E-state index contributed by atoms with van der Waals surface area (Å²) < 4.78 is 56.1. The quantitative estimate of drug-likeness (QED) is 0.447. The van der Waals surface area contributed by atoms with E-state index in [1.807, 2.05) is 6.07 Å². The molecule has 2 aromatic carbocycles. The fraction of sp³-hybridized carbons (Fsp3) is 0.0909. The zero-order valence-corrected chi connectivity index (χ0v) is 18.3. The summed E-state index contributed by atoms with van der Waals surface area (Å²) in [6, 6.07) is 19.4. The van der Waals surface area contributed by atoms with Crippen molar-refractivity contribution in [2.24, 2.45) is 0 Å². The van der Waals surface area contributed by atoms with Crippen LogP contribution >= 0.6 is 0 Å². The van der Waals surface area contributed by atoms with E-state index in [0.29, 0.717) is 12.1 Å². The summed E-state index contributed by atoms with van der Waals surface area (Å²) in [5.41, 5.74) is 0.884. The number of rotatable bonds is 7. The number of aromatic nitrogens is 2. The zero-order chi connectivity index (χ0) is 22.8. The van der Waals surface area contributed by atoms with Gasteiger partial charge in [0.2, 0.25) is 10.0 Å². The van der Waals surface area contributed by atoms with Crippen molar-refractivity contribution in [1.29, 1.82) is 5.26 Å². The molecule has 2 aromatic heterocycles. The minimum Gasteiger partial charge on any atom is -0.261 e. The van der Waals surface area contributed by atoms with Crippen molar-refractivity contribution in [1.82, 2.24) is 13.7 Å². The Bertz CT molecular complexity index is 1520. The molecule has 0 aliphatic rings. The van der Waals surface area contributed by atoms with Crippen molar-refractivity contribution in [3.63, 3.8) is 0 Å². The molecule has 0 spiro atoms. The summed E-state index contributed by atoms with van der Waals surface area (Å²) >= 11 is 0. The lowest BCUT2D eigenvalue weighted by molar-refractivity contribution is 0.582. The molecule has 0 unspecified atom stereocenters. The molecule has 0 amide bonds. The van der Waals surface area contributed by atoms with Gasteiger partial charge in [0.1, 0.15) is 4.90 Å². The number of benzene rings is 2. The second-order valence-corrected chi connectivity index (χ2v) is 10.4. The van der Waals surface area contributed by atoms with E-state index in [2.05, 4.69) is 9.71 Å². The van der Waals surface area contributed by atoms with Crippen LogP contribution in [0.3, 0.4) is 0 Å². The zero-order valence-electron chi connectivity index (χ0n) is 16.7. The largest absolute Gasteiger partial charge is 0.268 e. The lowest BCUT2D eigenvalue weighted by Gasteiger charge is -2.07. The van der Waals surface area contributed by atoms with E-state index >= 15 is 0 Å². The number of pyridine rings is 1. The Balaban J connectivity index is 1.80. The number of nitrogens with one attached hydrogen (secondary N) is 1. The highest BCUT2D eigenvalue weighted by molar-refractivity contribution is 7.91. The van der Waals surface area contributed by atoms with Crippen LogP contribution in [0.5, 0.6) is 0 Å². The first-order valence-corrected chi connectivity index (χ1v) is 12.5. The van der Waals surface area contributed by atoms with E-state index in [9.17, 15) is 22.1 Å². The maximum atomic E-state index is 13.2. The summed E-state index contributed by atoms with van der Waals surface area (Å²) in [5, 5.41) is 9.60. The van der Waals surface area contributed by atoms with Crippen molar-refractivity contribution in [2.75, 3.05) is 6.54 Å². The number of nitriles is 1. The average Bonchev–Trinajstić information content (AvgIpc) is 3.22. The summed E-state index contributed by atoms with van der Waals surface area (Å²) in [7, 11) is -8.21. The highest BCUT2D eigenvalue weighted by atomic mass is 32.2. The molecule has 162 valence electrons. The molecular formula is C22H18N4O4S2. The number of fused-ring (bicyclic) bond motifs is 1. The fourth-order valence-electron chi connectivity index (χ4n) is 3.36. The molecule has 32 heavy (non-hydrogen) atoms. The molecule has 0 bridgehead atoms. The molecule has 0 saturated carbocycles. The molecule has 0 atom stereocenters. The Morgan fingerprint density at radius 2 is 1.69 bits per heavy atom. The second-order valence-electron chi connectivity index (χ2n) is 6.89. The van der Waals surface area contributed by atoms with Crippen LogP contribution in [0.2, 0.25) is 0 Å². The van der Waals surface area contributed by atoms with Crippen molar-refractivity contribution in [2.45, 2.75) is 16.2 Å². The molecule has 4 aromatic rings. The highest BCUT2D eigenvalue weighted by Gasteiger charge is 2.28. The van der Waals surface area contributed by atoms with Gasteiger partial charge in [-0.1, -0.05) is 30.3 Å². The van der Waals surface area contributed by atoms with E-state index in [1.165, 1.54) is 30.3 Å². The van der Waals surface area contributed by atoms with Crippen LogP contribution in [0.4, 0.5) is 0 Å². The van der Waals surface area contributed by atoms with Crippen molar-refractivity contribution in [3.05, 3.63) is 90.4 Å². The predicted octanol–water partition coefficient (Wildman–Crippen LogP) is 2.67. The van der Waals surface area contributed by atoms with Crippen LogP contribution in [-0.2, 0) is 26.5 Å². The third kappa shape index (κ3) is 4.01. The summed E-state index contributed by atoms with van der Waals surface area (Å²) in [4.78, 5) is 3.89. The SMILES string of the molecule is N#Cc1cccc2c1c(S(=O)(=O)NCCc1ccccn1)cn2S(=O)(=O)c1ccccc1. The summed E-state index contributed by atoms with van der Waals surface area (Å²) in [5.74, 6) is 0. The van der Waals surface area contributed by atoms with Crippen LogP contribution in [0.25, 0.3) is 10.9 Å². The molecule has 2 heterocycles. The van der Waals surface area contributed by atoms with Crippen molar-refractivity contribution in [3.8, 4) is 6.07 Å². The van der Waals surface area contributed by atoms with E-state index in [0.717, 1.165) is 10.2 Å². The third-order valence-corrected chi connectivity index (χ3v) is 8.03. The predicted molar refractivity (Wildman–Crippen MR) is 119 cm³/mol. The smallest absolute Gasteiger partial charge is 0.261 e. The van der Waals surface area contributed by atoms with E-state index < -0.39 is 20.0 Å². The minimum atomic E-state index is -4.13. The van der Waals surface area contributed by atoms with E-state index in [-0.39, 0.29) is 32.8 Å². The normalized spacial score (nSPS) is 12.0. The minimum absolute atomic E-state index is 0.00585. The first kappa shape index (κ1) is 21.7. The van der Waals surface area contributed by atoms with Gasteiger partial charge in [-0.2, -0.15) is 5.26 Å². The molecule has 0 aliphatic heterocycles. The Morgan fingerprint density at radius 3 is 2.38 bits per heavy atom. The topological polar surface area (TPSA) is 122 Å². The number of sulfonamides is 1. The highest BCUT2D eigenvalue weighted by Crippen LogP contribution is 2.31. The van der Waals surface area contributed by atoms with Gasteiger partial charge in [0.15, 0.2) is 0 Å². The standard InChI is InChI=1S/C22H18N4O4S2/c23-15-17-7-6-11-20-22(17)21(16-26(20)32(29,30)19-9-2-1-3-10-19)31(27,28)25-14-12-18-8-4-5-13-24-18/h1-11,13,16,25H,12,14H2.